The van der Waals surface area contributed by atoms with Gasteiger partial charge in [-0.25, -0.2) is 9.97 Å². The Balaban J connectivity index is 1.86. The lowest BCUT2D eigenvalue weighted by atomic mass is 10.2. The molecule has 2 rings (SSSR count). The first-order valence-electron chi connectivity index (χ1n) is 6.79. The number of hydrogen-bond acceptors (Lipinski definition) is 5. The molecule has 1 atom stereocenters. The molecule has 1 aliphatic heterocycles. The Morgan fingerprint density at radius 3 is 2.62 bits per heavy atom. The molecule has 0 bridgehead atoms. The van der Waals surface area contributed by atoms with Crippen LogP contribution in [0.15, 0.2) is 12.4 Å². The number of halogens is 1. The maximum absolute atomic E-state index is 11.9. The molecule has 1 fully saturated rings. The number of aromatic nitrogens is 2. The van der Waals surface area contributed by atoms with Crippen LogP contribution in [-0.2, 0) is 4.79 Å². The summed E-state index contributed by atoms with van der Waals surface area (Å²) in [6.45, 7) is 5.25. The predicted molar refractivity (Wildman–Crippen MR) is 82.1 cm³/mol. The number of nitrogens with zero attached hydrogens (tertiary/aromatic N) is 4. The van der Waals surface area contributed by atoms with E-state index in [0.29, 0.717) is 11.0 Å². The van der Waals surface area contributed by atoms with Gasteiger partial charge in [-0.3, -0.25) is 9.69 Å². The lowest BCUT2D eigenvalue weighted by Gasteiger charge is -2.37. The first-order valence-corrected chi connectivity index (χ1v) is 7.17. The van der Waals surface area contributed by atoms with Crippen molar-refractivity contribution in [3.05, 3.63) is 17.4 Å². The summed E-state index contributed by atoms with van der Waals surface area (Å²) in [5.41, 5.74) is 0. The molecule has 0 spiro atoms. The van der Waals surface area contributed by atoms with Gasteiger partial charge in [0.25, 0.3) is 0 Å². The highest BCUT2D eigenvalue weighted by Crippen LogP contribution is 2.14. The molecule has 1 saturated heterocycles. The first-order chi connectivity index (χ1) is 10.1. The SMILES string of the molecule is C#CCNC(=O)[C@H](C)N1CCN(c2ncc(Cl)cn2)CC1. The van der Waals surface area contributed by atoms with E-state index in [1.807, 2.05) is 6.92 Å². The van der Waals surface area contributed by atoms with Gasteiger partial charge in [0.2, 0.25) is 11.9 Å². The zero-order valence-electron chi connectivity index (χ0n) is 11.9. The van der Waals surface area contributed by atoms with Gasteiger partial charge in [-0.15, -0.1) is 6.42 Å². The van der Waals surface area contributed by atoms with E-state index in [1.165, 1.54) is 0 Å². The average molecular weight is 308 g/mol. The summed E-state index contributed by atoms with van der Waals surface area (Å²) in [5, 5.41) is 3.23. The molecule has 1 aliphatic rings. The molecule has 1 amide bonds. The Hall–Kier alpha value is -1.84. The number of rotatable bonds is 4. The zero-order valence-corrected chi connectivity index (χ0v) is 12.7. The van der Waals surface area contributed by atoms with Crippen LogP contribution >= 0.6 is 11.6 Å². The Bertz CT molecular complexity index is 519. The van der Waals surface area contributed by atoms with E-state index < -0.39 is 0 Å². The van der Waals surface area contributed by atoms with E-state index in [1.54, 1.807) is 12.4 Å². The molecular formula is C14H18ClN5O. The van der Waals surface area contributed by atoms with Gasteiger partial charge in [0, 0.05) is 26.2 Å². The van der Waals surface area contributed by atoms with Crippen LogP contribution in [0.2, 0.25) is 5.02 Å². The summed E-state index contributed by atoms with van der Waals surface area (Å²) in [7, 11) is 0. The second-order valence-electron chi connectivity index (χ2n) is 4.82. The van der Waals surface area contributed by atoms with Gasteiger partial charge < -0.3 is 10.2 Å². The summed E-state index contributed by atoms with van der Waals surface area (Å²) in [4.78, 5) is 24.5. The molecule has 21 heavy (non-hydrogen) atoms. The Kier molecular flexibility index (Phi) is 5.37. The Labute approximate surface area is 129 Å². The number of nitrogens with one attached hydrogen (secondary N) is 1. The molecule has 0 radical (unpaired) electrons. The predicted octanol–water partition coefficient (Wildman–Crippen LogP) is 0.390. The highest BCUT2D eigenvalue weighted by atomic mass is 35.5. The second-order valence-corrected chi connectivity index (χ2v) is 5.26. The molecule has 1 aromatic rings. The van der Waals surface area contributed by atoms with Gasteiger partial charge in [0.05, 0.1) is 30.0 Å². The van der Waals surface area contributed by atoms with Crippen molar-refractivity contribution in [3.8, 4) is 12.3 Å². The molecule has 0 saturated carbocycles. The summed E-state index contributed by atoms with van der Waals surface area (Å²) in [5.74, 6) is 3.04. The molecule has 112 valence electrons. The third-order valence-corrected chi connectivity index (χ3v) is 3.69. The van der Waals surface area contributed by atoms with Gasteiger partial charge in [0.15, 0.2) is 0 Å². The third kappa shape index (κ3) is 4.06. The standard InChI is InChI=1S/C14H18ClN5O/c1-3-4-16-13(21)11(2)19-5-7-20(8-6-19)14-17-9-12(15)10-18-14/h1,9-11H,4-8H2,2H3,(H,16,21)/t11-/m0/s1. The number of anilines is 1. The van der Waals surface area contributed by atoms with Crippen molar-refractivity contribution in [1.82, 2.24) is 20.2 Å². The van der Waals surface area contributed by atoms with Crippen LogP contribution in [0.3, 0.4) is 0 Å². The summed E-state index contributed by atoms with van der Waals surface area (Å²) < 4.78 is 0. The van der Waals surface area contributed by atoms with E-state index in [2.05, 4.69) is 31.0 Å². The van der Waals surface area contributed by atoms with E-state index in [4.69, 9.17) is 18.0 Å². The smallest absolute Gasteiger partial charge is 0.237 e. The molecule has 0 unspecified atom stereocenters. The average Bonchev–Trinajstić information content (AvgIpc) is 2.53. The van der Waals surface area contributed by atoms with Gasteiger partial charge in [0.1, 0.15) is 0 Å². The van der Waals surface area contributed by atoms with Crippen molar-refractivity contribution in [1.29, 1.82) is 0 Å². The number of piperazine rings is 1. The van der Waals surface area contributed by atoms with Gasteiger partial charge >= 0.3 is 0 Å². The normalized spacial score (nSPS) is 17.1. The maximum Gasteiger partial charge on any atom is 0.237 e. The lowest BCUT2D eigenvalue weighted by molar-refractivity contribution is -0.125. The molecule has 1 N–H and O–H groups in total. The van der Waals surface area contributed by atoms with Crippen molar-refractivity contribution < 1.29 is 4.79 Å². The van der Waals surface area contributed by atoms with Crippen molar-refractivity contribution in [2.75, 3.05) is 37.6 Å². The fourth-order valence-corrected chi connectivity index (χ4v) is 2.33. The van der Waals surface area contributed by atoms with Crippen LogP contribution in [0.25, 0.3) is 0 Å². The second kappa shape index (κ2) is 7.25. The largest absolute Gasteiger partial charge is 0.344 e. The monoisotopic (exact) mass is 307 g/mol. The van der Waals surface area contributed by atoms with Crippen LogP contribution in [0.1, 0.15) is 6.92 Å². The molecule has 0 aliphatic carbocycles. The molecular weight excluding hydrogens is 290 g/mol. The molecule has 0 aromatic carbocycles. The highest BCUT2D eigenvalue weighted by Gasteiger charge is 2.26. The number of amides is 1. The van der Waals surface area contributed by atoms with Crippen molar-refractivity contribution in [2.24, 2.45) is 0 Å². The van der Waals surface area contributed by atoms with Gasteiger partial charge in [-0.05, 0) is 6.92 Å². The van der Waals surface area contributed by atoms with E-state index in [0.717, 1.165) is 26.2 Å². The summed E-state index contributed by atoms with van der Waals surface area (Å²) in [6.07, 6.45) is 8.32. The van der Waals surface area contributed by atoms with Crippen LogP contribution in [0, 0.1) is 12.3 Å². The van der Waals surface area contributed by atoms with Crippen LogP contribution in [-0.4, -0.2) is 59.5 Å². The number of carbonyl (C=O) groups excluding carboxylic acids is 1. The quantitative estimate of drug-likeness (QED) is 0.816. The van der Waals surface area contributed by atoms with E-state index in [-0.39, 0.29) is 18.5 Å². The van der Waals surface area contributed by atoms with Crippen molar-refractivity contribution in [2.45, 2.75) is 13.0 Å². The third-order valence-electron chi connectivity index (χ3n) is 3.50. The van der Waals surface area contributed by atoms with Crippen molar-refractivity contribution >= 4 is 23.5 Å². The fourth-order valence-electron chi connectivity index (χ4n) is 2.23. The highest BCUT2D eigenvalue weighted by molar-refractivity contribution is 6.30. The molecule has 1 aromatic heterocycles. The number of carbonyl (C=O) groups is 1. The first kappa shape index (κ1) is 15.5. The minimum absolute atomic E-state index is 0.0378. The topological polar surface area (TPSA) is 61.4 Å². The molecule has 7 heteroatoms. The van der Waals surface area contributed by atoms with Crippen LogP contribution in [0.4, 0.5) is 5.95 Å². The Morgan fingerprint density at radius 2 is 2.05 bits per heavy atom. The van der Waals surface area contributed by atoms with E-state index in [9.17, 15) is 4.79 Å². The minimum atomic E-state index is -0.188. The summed E-state index contributed by atoms with van der Waals surface area (Å²) >= 11 is 5.78. The minimum Gasteiger partial charge on any atom is -0.344 e. The van der Waals surface area contributed by atoms with Gasteiger partial charge in [-0.1, -0.05) is 17.5 Å². The van der Waals surface area contributed by atoms with Crippen LogP contribution < -0.4 is 10.2 Å². The maximum atomic E-state index is 11.9. The van der Waals surface area contributed by atoms with Crippen LogP contribution in [0.5, 0.6) is 0 Å². The Morgan fingerprint density at radius 1 is 1.43 bits per heavy atom. The molecule has 6 nitrogen and oxygen atoms in total. The van der Waals surface area contributed by atoms with E-state index >= 15 is 0 Å². The number of hydrogen-bond donors (Lipinski definition) is 1. The summed E-state index contributed by atoms with van der Waals surface area (Å²) in [6, 6.07) is -0.188. The molecule has 2 heterocycles. The fraction of sp³-hybridized carbons (Fsp3) is 0.500. The van der Waals surface area contributed by atoms with Crippen molar-refractivity contribution in [3.63, 3.8) is 0 Å². The number of terminal acetylenes is 1. The lowest BCUT2D eigenvalue weighted by Crippen LogP contribution is -2.54. The zero-order chi connectivity index (χ0) is 15.2. The van der Waals surface area contributed by atoms with Gasteiger partial charge in [-0.2, -0.15) is 0 Å².